The third-order valence-electron chi connectivity index (χ3n) is 3.17. The lowest BCUT2D eigenvalue weighted by Crippen LogP contribution is -2.34. The molecule has 0 bridgehead atoms. The van der Waals surface area contributed by atoms with Gasteiger partial charge in [0.1, 0.15) is 0 Å². The van der Waals surface area contributed by atoms with Crippen molar-refractivity contribution in [1.82, 2.24) is 0 Å². The van der Waals surface area contributed by atoms with Crippen molar-refractivity contribution in [3.05, 3.63) is 23.8 Å². The van der Waals surface area contributed by atoms with Gasteiger partial charge in [0.2, 0.25) is 5.91 Å². The van der Waals surface area contributed by atoms with Crippen LogP contribution in [0.3, 0.4) is 0 Å². The summed E-state index contributed by atoms with van der Waals surface area (Å²) < 4.78 is 0. The minimum Gasteiger partial charge on any atom is -0.478 e. The molecular weight excluding hydrogens is 264 g/mol. The van der Waals surface area contributed by atoms with Crippen molar-refractivity contribution in [2.75, 3.05) is 23.4 Å². The van der Waals surface area contributed by atoms with Crippen molar-refractivity contribution in [2.24, 2.45) is 0 Å². The van der Waals surface area contributed by atoms with Gasteiger partial charge in [0.05, 0.1) is 22.2 Å². The molecule has 5 nitrogen and oxygen atoms in total. The molecule has 19 heavy (non-hydrogen) atoms. The number of hydrogen-bond acceptors (Lipinski definition) is 4. The number of nitrogen functional groups attached to an aromatic ring is 1. The molecule has 1 aromatic carbocycles. The highest BCUT2D eigenvalue weighted by molar-refractivity contribution is 8.00. The van der Waals surface area contributed by atoms with Gasteiger partial charge in [-0.25, -0.2) is 4.79 Å². The van der Waals surface area contributed by atoms with Crippen LogP contribution in [0.4, 0.5) is 11.4 Å². The first-order valence-electron chi connectivity index (χ1n) is 6.02. The summed E-state index contributed by atoms with van der Waals surface area (Å²) in [5, 5.41) is 8.87. The minimum atomic E-state index is -1.03. The lowest BCUT2D eigenvalue weighted by atomic mass is 10.1. The van der Waals surface area contributed by atoms with E-state index in [2.05, 4.69) is 0 Å². The molecule has 0 spiro atoms. The molecule has 1 amide bonds. The van der Waals surface area contributed by atoms with Gasteiger partial charge < -0.3 is 15.7 Å². The molecule has 1 unspecified atom stereocenters. The number of thioether (sulfide) groups is 1. The highest BCUT2D eigenvalue weighted by atomic mass is 32.2. The normalized spacial score (nSPS) is 18.3. The molecule has 3 N–H and O–H groups in total. The van der Waals surface area contributed by atoms with Crippen LogP contribution < -0.4 is 10.6 Å². The Morgan fingerprint density at radius 3 is 2.74 bits per heavy atom. The Bertz CT molecular complexity index is 513. The molecule has 0 saturated carbocycles. The Labute approximate surface area is 115 Å². The summed E-state index contributed by atoms with van der Waals surface area (Å²) in [5.74, 6) is 0.00775. The number of aromatic carboxylic acids is 1. The van der Waals surface area contributed by atoms with Crippen LogP contribution in [0.2, 0.25) is 0 Å². The molecule has 1 fully saturated rings. The van der Waals surface area contributed by atoms with Crippen LogP contribution >= 0.6 is 11.8 Å². The second kappa shape index (κ2) is 5.52. The quantitative estimate of drug-likeness (QED) is 0.825. The van der Waals surface area contributed by atoms with Gasteiger partial charge in [0.25, 0.3) is 0 Å². The predicted octanol–water partition coefficient (Wildman–Crippen LogP) is 1.83. The van der Waals surface area contributed by atoms with Gasteiger partial charge in [-0.05, 0) is 36.8 Å². The van der Waals surface area contributed by atoms with Crippen molar-refractivity contribution in [1.29, 1.82) is 0 Å². The summed E-state index contributed by atoms with van der Waals surface area (Å²) in [7, 11) is 1.67. The van der Waals surface area contributed by atoms with E-state index in [9.17, 15) is 9.59 Å². The molecule has 1 saturated heterocycles. The number of amides is 1. The monoisotopic (exact) mass is 280 g/mol. The van der Waals surface area contributed by atoms with Crippen LogP contribution in [0.1, 0.15) is 23.2 Å². The predicted molar refractivity (Wildman–Crippen MR) is 76.7 cm³/mol. The van der Waals surface area contributed by atoms with Crippen LogP contribution in [0.15, 0.2) is 18.2 Å². The Hall–Kier alpha value is -1.69. The molecule has 6 heteroatoms. The number of rotatable bonds is 3. The highest BCUT2D eigenvalue weighted by Crippen LogP contribution is 2.31. The van der Waals surface area contributed by atoms with Gasteiger partial charge >= 0.3 is 5.97 Å². The fourth-order valence-corrected chi connectivity index (χ4v) is 3.35. The molecule has 0 aliphatic carbocycles. The van der Waals surface area contributed by atoms with Crippen molar-refractivity contribution >= 4 is 35.0 Å². The SMILES string of the molecule is CN(C(=O)C1CCCS1)c1ccc(C(=O)O)cc1N. The number of benzene rings is 1. The van der Waals surface area contributed by atoms with Gasteiger partial charge in [-0.15, -0.1) is 11.8 Å². The Balaban J connectivity index is 2.21. The average molecular weight is 280 g/mol. The molecule has 1 aliphatic heterocycles. The molecule has 1 heterocycles. The van der Waals surface area contributed by atoms with Crippen molar-refractivity contribution in [2.45, 2.75) is 18.1 Å². The summed E-state index contributed by atoms with van der Waals surface area (Å²) in [5.41, 5.74) is 6.82. The molecule has 2 rings (SSSR count). The van der Waals surface area contributed by atoms with E-state index < -0.39 is 5.97 Å². The van der Waals surface area contributed by atoms with Gasteiger partial charge in [-0.2, -0.15) is 0 Å². The van der Waals surface area contributed by atoms with E-state index in [1.807, 2.05) is 0 Å². The highest BCUT2D eigenvalue weighted by Gasteiger charge is 2.27. The molecule has 0 radical (unpaired) electrons. The van der Waals surface area contributed by atoms with Gasteiger partial charge in [-0.3, -0.25) is 4.79 Å². The summed E-state index contributed by atoms with van der Waals surface area (Å²) >= 11 is 1.66. The van der Waals surface area contributed by atoms with E-state index in [0.717, 1.165) is 18.6 Å². The van der Waals surface area contributed by atoms with Crippen LogP contribution in [0, 0.1) is 0 Å². The lowest BCUT2D eigenvalue weighted by molar-refractivity contribution is -0.117. The Morgan fingerprint density at radius 1 is 1.47 bits per heavy atom. The zero-order valence-corrected chi connectivity index (χ0v) is 11.4. The van der Waals surface area contributed by atoms with Crippen molar-refractivity contribution < 1.29 is 14.7 Å². The maximum atomic E-state index is 12.2. The molecular formula is C13H16N2O3S. The topological polar surface area (TPSA) is 83.6 Å². The first-order valence-corrected chi connectivity index (χ1v) is 7.07. The van der Waals surface area contributed by atoms with E-state index in [1.165, 1.54) is 17.0 Å². The minimum absolute atomic E-state index is 0.0106. The van der Waals surface area contributed by atoms with Gasteiger partial charge in [0.15, 0.2) is 0 Å². The molecule has 1 aromatic rings. The number of nitrogens with zero attached hydrogens (tertiary/aromatic N) is 1. The second-order valence-electron chi connectivity index (χ2n) is 4.48. The van der Waals surface area contributed by atoms with Crippen LogP contribution in [-0.4, -0.2) is 35.0 Å². The number of carbonyl (C=O) groups is 2. The summed E-state index contributed by atoms with van der Waals surface area (Å²) in [4.78, 5) is 24.6. The Morgan fingerprint density at radius 2 is 2.21 bits per heavy atom. The van der Waals surface area contributed by atoms with Gasteiger partial charge in [0, 0.05) is 7.05 Å². The molecule has 0 aromatic heterocycles. The van der Waals surface area contributed by atoms with Crippen LogP contribution in [0.25, 0.3) is 0 Å². The van der Waals surface area contributed by atoms with Crippen molar-refractivity contribution in [3.8, 4) is 0 Å². The summed E-state index contributed by atoms with van der Waals surface area (Å²) in [6.45, 7) is 0. The first-order chi connectivity index (χ1) is 9.00. The summed E-state index contributed by atoms with van der Waals surface area (Å²) in [6.07, 6.45) is 1.95. The molecule has 1 atom stereocenters. The number of nitrogens with two attached hydrogens (primary N) is 1. The van der Waals surface area contributed by atoms with Crippen molar-refractivity contribution in [3.63, 3.8) is 0 Å². The third kappa shape index (κ3) is 2.84. The van der Waals surface area contributed by atoms with Crippen LogP contribution in [0.5, 0.6) is 0 Å². The first kappa shape index (κ1) is 13.7. The van der Waals surface area contributed by atoms with E-state index in [4.69, 9.17) is 10.8 Å². The standard InChI is InChI=1S/C13H16N2O3S/c1-15(12(16)11-3-2-6-19-11)10-5-4-8(13(17)18)7-9(10)14/h4-5,7,11H,2-3,6,14H2,1H3,(H,17,18). The van der Waals surface area contributed by atoms with E-state index in [0.29, 0.717) is 11.4 Å². The number of carboxylic acid groups (broad SMARTS) is 1. The lowest BCUT2D eigenvalue weighted by Gasteiger charge is -2.22. The fraction of sp³-hybridized carbons (Fsp3) is 0.385. The smallest absolute Gasteiger partial charge is 0.335 e. The zero-order valence-electron chi connectivity index (χ0n) is 10.6. The second-order valence-corrected chi connectivity index (χ2v) is 5.79. The van der Waals surface area contributed by atoms with Crippen LogP contribution in [-0.2, 0) is 4.79 Å². The summed E-state index contributed by atoms with van der Waals surface area (Å²) in [6, 6.07) is 4.42. The number of carboxylic acids is 1. The maximum Gasteiger partial charge on any atom is 0.335 e. The maximum absolute atomic E-state index is 12.2. The largest absolute Gasteiger partial charge is 0.478 e. The van der Waals surface area contributed by atoms with E-state index >= 15 is 0 Å². The van der Waals surface area contributed by atoms with E-state index in [-0.39, 0.29) is 16.7 Å². The number of anilines is 2. The number of hydrogen-bond donors (Lipinski definition) is 2. The fourth-order valence-electron chi connectivity index (χ4n) is 2.10. The zero-order chi connectivity index (χ0) is 14.0. The van der Waals surface area contributed by atoms with Gasteiger partial charge in [-0.1, -0.05) is 0 Å². The average Bonchev–Trinajstić information content (AvgIpc) is 2.90. The molecule has 102 valence electrons. The number of carbonyl (C=O) groups excluding carboxylic acids is 1. The third-order valence-corrected chi connectivity index (χ3v) is 4.54. The Kier molecular flexibility index (Phi) is 3.99. The molecule has 1 aliphatic rings. The van der Waals surface area contributed by atoms with E-state index in [1.54, 1.807) is 24.9 Å².